The highest BCUT2D eigenvalue weighted by Crippen LogP contribution is 2.38. The van der Waals surface area contributed by atoms with Gasteiger partial charge in [-0.1, -0.05) is 30.3 Å². The Balaban J connectivity index is 1.67. The lowest BCUT2D eigenvalue weighted by Crippen LogP contribution is -2.12. The number of amides is 1. The number of carbonyl (C=O) groups excluding carboxylic acids is 1. The fourth-order valence-corrected chi connectivity index (χ4v) is 2.89. The van der Waals surface area contributed by atoms with Gasteiger partial charge in [0.15, 0.2) is 11.5 Å². The second kappa shape index (κ2) is 9.50. The van der Waals surface area contributed by atoms with Crippen LogP contribution in [0.1, 0.15) is 15.9 Å². The highest BCUT2D eigenvalue weighted by atomic mass is 16.5. The summed E-state index contributed by atoms with van der Waals surface area (Å²) in [5, 5.41) is 6.24. The second-order valence-electron chi connectivity index (χ2n) is 6.28. The number of ether oxygens (including phenoxy) is 3. The summed E-state index contributed by atoms with van der Waals surface area (Å²) in [5.41, 5.74) is 3.27. The lowest BCUT2D eigenvalue weighted by atomic mass is 10.1. The van der Waals surface area contributed by atoms with Crippen LogP contribution in [0.3, 0.4) is 0 Å². The van der Waals surface area contributed by atoms with E-state index in [1.165, 1.54) is 26.9 Å². The Kier molecular flexibility index (Phi) is 6.58. The Hall–Kier alpha value is -3.67. The minimum absolute atomic E-state index is 0.269. The molecule has 0 fully saturated rings. The van der Waals surface area contributed by atoms with Gasteiger partial charge in [-0.15, -0.1) is 0 Å². The summed E-state index contributed by atoms with van der Waals surface area (Å²) in [6.07, 6.45) is 0. The molecule has 0 aliphatic rings. The molecule has 0 atom stereocenters. The molecule has 6 heteroatoms. The first-order valence-corrected chi connectivity index (χ1v) is 9.14. The van der Waals surface area contributed by atoms with Gasteiger partial charge in [0.25, 0.3) is 5.91 Å². The number of hydrogen-bond acceptors (Lipinski definition) is 5. The number of nitrogens with one attached hydrogen (secondary N) is 2. The number of methoxy groups -OCH3 is 3. The van der Waals surface area contributed by atoms with Crippen molar-refractivity contribution in [3.8, 4) is 17.2 Å². The van der Waals surface area contributed by atoms with E-state index in [4.69, 9.17) is 14.2 Å². The van der Waals surface area contributed by atoms with Crippen molar-refractivity contribution in [3.05, 3.63) is 77.9 Å². The molecule has 3 rings (SSSR count). The van der Waals surface area contributed by atoms with Crippen molar-refractivity contribution >= 4 is 17.3 Å². The molecule has 2 N–H and O–H groups in total. The van der Waals surface area contributed by atoms with Gasteiger partial charge in [-0.2, -0.15) is 0 Å². The molecule has 3 aromatic carbocycles. The Morgan fingerprint density at radius 1 is 0.793 bits per heavy atom. The van der Waals surface area contributed by atoms with Crippen LogP contribution in [0.25, 0.3) is 0 Å². The molecule has 0 aliphatic carbocycles. The van der Waals surface area contributed by atoms with E-state index in [0.29, 0.717) is 28.5 Å². The third-order valence-electron chi connectivity index (χ3n) is 4.41. The Morgan fingerprint density at radius 3 is 1.93 bits per heavy atom. The normalized spacial score (nSPS) is 10.2. The maximum atomic E-state index is 12.7. The van der Waals surface area contributed by atoms with Gasteiger partial charge in [0.2, 0.25) is 5.75 Å². The van der Waals surface area contributed by atoms with Crippen LogP contribution in [-0.2, 0) is 6.54 Å². The first kappa shape index (κ1) is 20.1. The summed E-state index contributed by atoms with van der Waals surface area (Å²) in [6, 6.07) is 20.9. The number of anilines is 2. The van der Waals surface area contributed by atoms with Crippen LogP contribution in [0.5, 0.6) is 17.2 Å². The van der Waals surface area contributed by atoms with E-state index in [2.05, 4.69) is 22.8 Å². The maximum absolute atomic E-state index is 12.7. The van der Waals surface area contributed by atoms with E-state index < -0.39 is 0 Å². The highest BCUT2D eigenvalue weighted by Gasteiger charge is 2.17. The van der Waals surface area contributed by atoms with Crippen molar-refractivity contribution in [3.63, 3.8) is 0 Å². The van der Waals surface area contributed by atoms with Gasteiger partial charge in [-0.05, 0) is 42.0 Å². The average molecular weight is 392 g/mol. The molecule has 0 aliphatic heterocycles. The Labute approximate surface area is 170 Å². The molecule has 6 nitrogen and oxygen atoms in total. The third kappa shape index (κ3) is 4.99. The number of carbonyl (C=O) groups is 1. The minimum Gasteiger partial charge on any atom is -0.493 e. The van der Waals surface area contributed by atoms with Crippen LogP contribution >= 0.6 is 0 Å². The van der Waals surface area contributed by atoms with Gasteiger partial charge in [0, 0.05) is 23.5 Å². The van der Waals surface area contributed by atoms with Gasteiger partial charge in [0.1, 0.15) is 0 Å². The Bertz CT molecular complexity index is 931. The molecule has 0 bridgehead atoms. The summed E-state index contributed by atoms with van der Waals surface area (Å²) < 4.78 is 15.9. The average Bonchev–Trinajstić information content (AvgIpc) is 2.78. The number of benzene rings is 3. The standard InChI is InChI=1S/C23H24N2O4/c1-27-20-13-17(14-21(28-2)22(20)29-3)23(26)25-19-11-9-18(10-12-19)24-15-16-7-5-4-6-8-16/h4-14,24H,15H2,1-3H3,(H,25,26). The van der Waals surface area contributed by atoms with E-state index in [1.807, 2.05) is 42.5 Å². The predicted molar refractivity (Wildman–Crippen MR) is 114 cm³/mol. The van der Waals surface area contributed by atoms with E-state index in [1.54, 1.807) is 12.1 Å². The van der Waals surface area contributed by atoms with Crippen molar-refractivity contribution in [2.75, 3.05) is 32.0 Å². The molecule has 0 aromatic heterocycles. The lowest BCUT2D eigenvalue weighted by Gasteiger charge is -2.14. The molecule has 29 heavy (non-hydrogen) atoms. The second-order valence-corrected chi connectivity index (χ2v) is 6.28. The quantitative estimate of drug-likeness (QED) is 0.587. The van der Waals surface area contributed by atoms with Crippen molar-refractivity contribution in [2.24, 2.45) is 0 Å². The first-order valence-electron chi connectivity index (χ1n) is 9.14. The molecule has 0 radical (unpaired) electrons. The van der Waals surface area contributed by atoms with E-state index in [9.17, 15) is 4.79 Å². The fourth-order valence-electron chi connectivity index (χ4n) is 2.89. The number of hydrogen-bond donors (Lipinski definition) is 2. The molecule has 0 saturated carbocycles. The van der Waals surface area contributed by atoms with Crippen LogP contribution in [0.4, 0.5) is 11.4 Å². The van der Waals surface area contributed by atoms with Gasteiger partial charge >= 0.3 is 0 Å². The van der Waals surface area contributed by atoms with Crippen LogP contribution in [-0.4, -0.2) is 27.2 Å². The summed E-state index contributed by atoms with van der Waals surface area (Å²) in [5.74, 6) is 1.03. The smallest absolute Gasteiger partial charge is 0.255 e. The van der Waals surface area contributed by atoms with Crippen molar-refractivity contribution in [1.82, 2.24) is 0 Å². The maximum Gasteiger partial charge on any atom is 0.255 e. The van der Waals surface area contributed by atoms with Crippen LogP contribution in [0.2, 0.25) is 0 Å². The molecule has 0 unspecified atom stereocenters. The number of rotatable bonds is 8. The zero-order valence-corrected chi connectivity index (χ0v) is 16.7. The van der Waals surface area contributed by atoms with Crippen molar-refractivity contribution < 1.29 is 19.0 Å². The van der Waals surface area contributed by atoms with Gasteiger partial charge < -0.3 is 24.8 Å². The first-order chi connectivity index (χ1) is 14.1. The highest BCUT2D eigenvalue weighted by molar-refractivity contribution is 6.05. The van der Waals surface area contributed by atoms with Crippen LogP contribution < -0.4 is 24.8 Å². The molecule has 1 amide bonds. The largest absolute Gasteiger partial charge is 0.493 e. The summed E-state index contributed by atoms with van der Waals surface area (Å²) in [4.78, 5) is 12.7. The van der Waals surface area contributed by atoms with E-state index in [-0.39, 0.29) is 5.91 Å². The minimum atomic E-state index is -0.269. The SMILES string of the molecule is COc1cc(C(=O)Nc2ccc(NCc3ccccc3)cc2)cc(OC)c1OC. The lowest BCUT2D eigenvalue weighted by molar-refractivity contribution is 0.102. The Morgan fingerprint density at radius 2 is 1.38 bits per heavy atom. The van der Waals surface area contributed by atoms with Gasteiger partial charge in [-0.3, -0.25) is 4.79 Å². The summed E-state index contributed by atoms with van der Waals surface area (Å²) in [6.45, 7) is 0.734. The van der Waals surface area contributed by atoms with Crippen LogP contribution in [0, 0.1) is 0 Å². The molecule has 0 heterocycles. The third-order valence-corrected chi connectivity index (χ3v) is 4.41. The summed E-state index contributed by atoms with van der Waals surface area (Å²) in [7, 11) is 4.55. The monoisotopic (exact) mass is 392 g/mol. The zero-order valence-electron chi connectivity index (χ0n) is 16.7. The zero-order chi connectivity index (χ0) is 20.6. The van der Waals surface area contributed by atoms with Crippen molar-refractivity contribution in [2.45, 2.75) is 6.54 Å². The summed E-state index contributed by atoms with van der Waals surface area (Å²) >= 11 is 0. The fraction of sp³-hybridized carbons (Fsp3) is 0.174. The topological polar surface area (TPSA) is 68.8 Å². The molecule has 3 aromatic rings. The van der Waals surface area contributed by atoms with Gasteiger partial charge in [0.05, 0.1) is 21.3 Å². The molecular formula is C23H24N2O4. The van der Waals surface area contributed by atoms with Crippen LogP contribution in [0.15, 0.2) is 66.7 Å². The molecule has 0 saturated heterocycles. The van der Waals surface area contributed by atoms with E-state index in [0.717, 1.165) is 12.2 Å². The van der Waals surface area contributed by atoms with Crippen molar-refractivity contribution in [1.29, 1.82) is 0 Å². The molecule has 0 spiro atoms. The van der Waals surface area contributed by atoms with Gasteiger partial charge in [-0.25, -0.2) is 0 Å². The molecular weight excluding hydrogens is 368 g/mol. The van der Waals surface area contributed by atoms with E-state index >= 15 is 0 Å². The predicted octanol–water partition coefficient (Wildman–Crippen LogP) is 4.58. The molecule has 150 valence electrons.